The molecule has 1 unspecified atom stereocenters. The number of hydrogen-bond donors (Lipinski definition) is 2. The third kappa shape index (κ3) is 2.83. The molecule has 1 aromatic heterocycles. The van der Waals surface area contributed by atoms with Crippen LogP contribution in [0.3, 0.4) is 0 Å². The Labute approximate surface area is 100 Å². The number of amides is 1. The van der Waals surface area contributed by atoms with Crippen molar-refractivity contribution in [2.45, 2.75) is 25.8 Å². The lowest BCUT2D eigenvalue weighted by atomic mass is 9.98. The summed E-state index contributed by atoms with van der Waals surface area (Å²) in [4.78, 5) is 12.0. The van der Waals surface area contributed by atoms with Gasteiger partial charge in [-0.1, -0.05) is 0 Å². The van der Waals surface area contributed by atoms with E-state index in [1.54, 1.807) is 11.3 Å². The Bertz CT molecular complexity index is 331. The quantitative estimate of drug-likeness (QED) is 0.845. The molecule has 1 aliphatic heterocycles. The molecule has 2 N–H and O–H groups in total. The van der Waals surface area contributed by atoms with E-state index in [-0.39, 0.29) is 17.9 Å². The van der Waals surface area contributed by atoms with Gasteiger partial charge in [-0.15, -0.1) is 0 Å². The molecule has 0 saturated carbocycles. The molecule has 1 aromatic rings. The van der Waals surface area contributed by atoms with E-state index in [0.29, 0.717) is 0 Å². The highest BCUT2D eigenvalue weighted by Gasteiger charge is 2.22. The number of rotatable bonds is 3. The molecule has 3 nitrogen and oxygen atoms in total. The molecule has 1 amide bonds. The van der Waals surface area contributed by atoms with Crippen LogP contribution in [0, 0.1) is 5.92 Å². The van der Waals surface area contributed by atoms with Crippen LogP contribution in [0.1, 0.15) is 31.4 Å². The Morgan fingerprint density at radius 2 is 2.56 bits per heavy atom. The van der Waals surface area contributed by atoms with Crippen molar-refractivity contribution in [3.05, 3.63) is 22.4 Å². The Morgan fingerprint density at radius 1 is 1.69 bits per heavy atom. The van der Waals surface area contributed by atoms with Gasteiger partial charge in [0.25, 0.3) is 0 Å². The molecule has 2 heterocycles. The minimum Gasteiger partial charge on any atom is -0.349 e. The van der Waals surface area contributed by atoms with E-state index in [1.807, 2.05) is 12.3 Å². The van der Waals surface area contributed by atoms with Gasteiger partial charge in [0.05, 0.1) is 12.0 Å². The molecule has 88 valence electrons. The van der Waals surface area contributed by atoms with Gasteiger partial charge in [0.2, 0.25) is 5.91 Å². The molecular weight excluding hydrogens is 220 g/mol. The number of carbonyl (C=O) groups excluding carboxylic acids is 1. The zero-order chi connectivity index (χ0) is 11.4. The minimum atomic E-state index is 0.126. The first-order valence-corrected chi connectivity index (χ1v) is 6.75. The predicted molar refractivity (Wildman–Crippen MR) is 66.5 cm³/mol. The second-order valence-corrected chi connectivity index (χ2v) is 5.11. The fourth-order valence-electron chi connectivity index (χ4n) is 2.01. The summed E-state index contributed by atoms with van der Waals surface area (Å²) in [5.74, 6) is 0.334. The topological polar surface area (TPSA) is 41.1 Å². The Balaban J connectivity index is 1.86. The van der Waals surface area contributed by atoms with Gasteiger partial charge in [-0.05, 0) is 48.7 Å². The summed E-state index contributed by atoms with van der Waals surface area (Å²) in [6, 6.07) is 2.19. The van der Waals surface area contributed by atoms with Crippen LogP contribution >= 0.6 is 11.3 Å². The second-order valence-electron chi connectivity index (χ2n) is 4.33. The zero-order valence-corrected chi connectivity index (χ0v) is 10.3. The van der Waals surface area contributed by atoms with Crippen LogP contribution in [0.5, 0.6) is 0 Å². The predicted octanol–water partition coefficient (Wildman–Crippen LogP) is 1.92. The van der Waals surface area contributed by atoms with Gasteiger partial charge in [0.1, 0.15) is 0 Å². The zero-order valence-electron chi connectivity index (χ0n) is 9.53. The lowest BCUT2D eigenvalue weighted by Crippen LogP contribution is -2.41. The highest BCUT2D eigenvalue weighted by molar-refractivity contribution is 7.07. The SMILES string of the molecule is CC(NC(=O)[C@H]1CCCNC1)c1ccsc1. The lowest BCUT2D eigenvalue weighted by Gasteiger charge is -2.23. The number of thiophene rings is 1. The van der Waals surface area contributed by atoms with Crippen LogP contribution < -0.4 is 10.6 Å². The molecule has 1 aliphatic rings. The maximum Gasteiger partial charge on any atom is 0.224 e. The fraction of sp³-hybridized carbons (Fsp3) is 0.583. The fourth-order valence-corrected chi connectivity index (χ4v) is 2.77. The van der Waals surface area contributed by atoms with Crippen molar-refractivity contribution in [2.75, 3.05) is 13.1 Å². The molecule has 4 heteroatoms. The first-order chi connectivity index (χ1) is 7.77. The van der Waals surface area contributed by atoms with E-state index in [4.69, 9.17) is 0 Å². The van der Waals surface area contributed by atoms with Gasteiger partial charge < -0.3 is 10.6 Å². The van der Waals surface area contributed by atoms with Crippen molar-refractivity contribution in [3.63, 3.8) is 0 Å². The van der Waals surface area contributed by atoms with Gasteiger partial charge in [-0.25, -0.2) is 0 Å². The van der Waals surface area contributed by atoms with E-state index in [2.05, 4.69) is 22.1 Å². The molecule has 0 aromatic carbocycles. The van der Waals surface area contributed by atoms with Gasteiger partial charge in [0.15, 0.2) is 0 Å². The highest BCUT2D eigenvalue weighted by atomic mass is 32.1. The van der Waals surface area contributed by atoms with Crippen molar-refractivity contribution < 1.29 is 4.79 Å². The van der Waals surface area contributed by atoms with Gasteiger partial charge >= 0.3 is 0 Å². The molecular formula is C12H18N2OS. The normalized spacial score (nSPS) is 22.7. The van der Waals surface area contributed by atoms with E-state index in [0.717, 1.165) is 25.9 Å². The van der Waals surface area contributed by atoms with Crippen molar-refractivity contribution in [1.82, 2.24) is 10.6 Å². The number of carbonyl (C=O) groups is 1. The average Bonchev–Trinajstić information content (AvgIpc) is 2.83. The highest BCUT2D eigenvalue weighted by Crippen LogP contribution is 2.17. The van der Waals surface area contributed by atoms with Gasteiger partial charge in [-0.2, -0.15) is 11.3 Å². The third-order valence-corrected chi connectivity index (χ3v) is 3.77. The number of piperidine rings is 1. The van der Waals surface area contributed by atoms with E-state index in [9.17, 15) is 4.79 Å². The standard InChI is InChI=1S/C12H18N2OS/c1-9(11-4-6-16-8-11)14-12(15)10-3-2-5-13-7-10/h4,6,8-10,13H,2-3,5,7H2,1H3,(H,14,15)/t9?,10-/m0/s1. The molecule has 2 rings (SSSR count). The minimum absolute atomic E-state index is 0.126. The molecule has 16 heavy (non-hydrogen) atoms. The molecule has 0 bridgehead atoms. The third-order valence-electron chi connectivity index (χ3n) is 3.07. The first-order valence-electron chi connectivity index (χ1n) is 5.80. The lowest BCUT2D eigenvalue weighted by molar-refractivity contribution is -0.126. The second kappa shape index (κ2) is 5.46. The Morgan fingerprint density at radius 3 is 3.19 bits per heavy atom. The molecule has 0 aliphatic carbocycles. The van der Waals surface area contributed by atoms with Crippen LogP contribution in [0.25, 0.3) is 0 Å². The van der Waals surface area contributed by atoms with Crippen molar-refractivity contribution in [3.8, 4) is 0 Å². The monoisotopic (exact) mass is 238 g/mol. The van der Waals surface area contributed by atoms with Crippen LogP contribution in [-0.2, 0) is 4.79 Å². The maximum absolute atomic E-state index is 12.0. The number of nitrogens with one attached hydrogen (secondary N) is 2. The summed E-state index contributed by atoms with van der Waals surface area (Å²) in [6.07, 6.45) is 2.11. The largest absolute Gasteiger partial charge is 0.349 e. The summed E-state index contributed by atoms with van der Waals surface area (Å²) in [5.41, 5.74) is 1.20. The van der Waals surface area contributed by atoms with E-state index < -0.39 is 0 Å². The van der Waals surface area contributed by atoms with E-state index >= 15 is 0 Å². The van der Waals surface area contributed by atoms with Crippen LogP contribution in [0.2, 0.25) is 0 Å². The van der Waals surface area contributed by atoms with Crippen LogP contribution in [0.4, 0.5) is 0 Å². The summed E-state index contributed by atoms with van der Waals surface area (Å²) >= 11 is 1.67. The smallest absolute Gasteiger partial charge is 0.224 e. The van der Waals surface area contributed by atoms with Gasteiger partial charge in [-0.3, -0.25) is 4.79 Å². The molecule has 1 saturated heterocycles. The maximum atomic E-state index is 12.0. The summed E-state index contributed by atoms with van der Waals surface area (Å²) in [7, 11) is 0. The molecule has 0 radical (unpaired) electrons. The summed E-state index contributed by atoms with van der Waals surface area (Å²) in [6.45, 7) is 3.91. The molecule has 0 spiro atoms. The van der Waals surface area contributed by atoms with Gasteiger partial charge in [0, 0.05) is 6.54 Å². The average molecular weight is 238 g/mol. The van der Waals surface area contributed by atoms with Crippen molar-refractivity contribution in [2.24, 2.45) is 5.92 Å². The Kier molecular flexibility index (Phi) is 3.96. The van der Waals surface area contributed by atoms with Crippen molar-refractivity contribution in [1.29, 1.82) is 0 Å². The summed E-state index contributed by atoms with van der Waals surface area (Å²) in [5, 5.41) is 10.5. The first kappa shape index (κ1) is 11.6. The van der Waals surface area contributed by atoms with Crippen LogP contribution in [0.15, 0.2) is 16.8 Å². The Hall–Kier alpha value is -0.870. The van der Waals surface area contributed by atoms with Crippen molar-refractivity contribution >= 4 is 17.2 Å². The van der Waals surface area contributed by atoms with Crippen LogP contribution in [-0.4, -0.2) is 19.0 Å². The van der Waals surface area contributed by atoms with E-state index in [1.165, 1.54) is 5.56 Å². The summed E-state index contributed by atoms with van der Waals surface area (Å²) < 4.78 is 0. The molecule has 1 fully saturated rings. The molecule has 2 atom stereocenters. The number of hydrogen-bond acceptors (Lipinski definition) is 3.